The second-order valence-corrected chi connectivity index (χ2v) is 5.61. The van der Waals surface area contributed by atoms with E-state index in [2.05, 4.69) is 15.3 Å². The predicted molar refractivity (Wildman–Crippen MR) is 77.1 cm³/mol. The first kappa shape index (κ1) is 14.5. The Morgan fingerprint density at radius 2 is 2.00 bits per heavy atom. The van der Waals surface area contributed by atoms with E-state index in [-0.39, 0.29) is 17.0 Å². The highest BCUT2D eigenvalue weighted by Crippen LogP contribution is 2.22. The summed E-state index contributed by atoms with van der Waals surface area (Å²) >= 11 is 1.35. The van der Waals surface area contributed by atoms with Gasteiger partial charge < -0.3 is 5.32 Å². The molecule has 1 amide bonds. The molecule has 1 atom stereocenters. The summed E-state index contributed by atoms with van der Waals surface area (Å²) in [5, 5.41) is 3.17. The number of carbonyl (C=O) groups excluding carboxylic acids is 1. The van der Waals surface area contributed by atoms with E-state index in [1.54, 1.807) is 6.92 Å². The number of halogens is 1. The molecule has 2 aromatic rings. The van der Waals surface area contributed by atoms with Gasteiger partial charge in [0.1, 0.15) is 17.2 Å². The van der Waals surface area contributed by atoms with Crippen molar-refractivity contribution in [2.24, 2.45) is 0 Å². The number of carbonyl (C=O) groups is 1. The molecule has 0 bridgehead atoms. The van der Waals surface area contributed by atoms with Crippen LogP contribution in [0.4, 0.5) is 10.1 Å². The van der Waals surface area contributed by atoms with Crippen molar-refractivity contribution in [3.8, 4) is 0 Å². The fraction of sp³-hybridized carbons (Fsp3) is 0.214. The van der Waals surface area contributed by atoms with Gasteiger partial charge in [0.15, 0.2) is 0 Å². The summed E-state index contributed by atoms with van der Waals surface area (Å²) < 4.78 is 12.8. The van der Waals surface area contributed by atoms with Crippen LogP contribution in [-0.4, -0.2) is 21.1 Å². The molecule has 0 radical (unpaired) electrons. The van der Waals surface area contributed by atoms with Crippen LogP contribution in [0, 0.1) is 12.7 Å². The number of nitrogens with one attached hydrogen (secondary N) is 1. The van der Waals surface area contributed by atoms with Gasteiger partial charge >= 0.3 is 0 Å². The highest BCUT2D eigenvalue weighted by atomic mass is 32.2. The molecule has 0 aliphatic rings. The van der Waals surface area contributed by atoms with Crippen LogP contribution in [-0.2, 0) is 4.79 Å². The summed E-state index contributed by atoms with van der Waals surface area (Å²) in [6.07, 6.45) is 1.47. The molecule has 0 aliphatic carbocycles. The zero-order valence-electron chi connectivity index (χ0n) is 11.1. The van der Waals surface area contributed by atoms with Gasteiger partial charge in [0.05, 0.1) is 5.25 Å². The second kappa shape index (κ2) is 6.47. The minimum atomic E-state index is -0.332. The Hall–Kier alpha value is -1.95. The van der Waals surface area contributed by atoms with Crippen molar-refractivity contribution in [1.29, 1.82) is 0 Å². The molecule has 4 nitrogen and oxygen atoms in total. The van der Waals surface area contributed by atoms with Crippen LogP contribution in [0.5, 0.6) is 0 Å². The molecular weight excluding hydrogens is 277 g/mol. The van der Waals surface area contributed by atoms with Crippen molar-refractivity contribution in [3.63, 3.8) is 0 Å². The summed E-state index contributed by atoms with van der Waals surface area (Å²) in [6, 6.07) is 7.49. The standard InChI is InChI=1S/C14H14FN3OS/c1-9-7-13(17-8-16-9)20-10(2)14(19)18-12-5-3-11(15)4-6-12/h3-8,10H,1-2H3,(H,18,19). The fourth-order valence-corrected chi connectivity index (χ4v) is 2.38. The van der Waals surface area contributed by atoms with Crippen LogP contribution >= 0.6 is 11.8 Å². The largest absolute Gasteiger partial charge is 0.325 e. The molecule has 104 valence electrons. The Balaban J connectivity index is 1.96. The van der Waals surface area contributed by atoms with Gasteiger partial charge in [-0.25, -0.2) is 14.4 Å². The normalized spacial score (nSPS) is 11.9. The average molecular weight is 291 g/mol. The van der Waals surface area contributed by atoms with Gasteiger partial charge in [-0.2, -0.15) is 0 Å². The fourth-order valence-electron chi connectivity index (χ4n) is 1.51. The zero-order chi connectivity index (χ0) is 14.5. The van der Waals surface area contributed by atoms with Crippen molar-refractivity contribution < 1.29 is 9.18 Å². The van der Waals surface area contributed by atoms with Crippen LogP contribution < -0.4 is 5.32 Å². The van der Waals surface area contributed by atoms with E-state index < -0.39 is 0 Å². The van der Waals surface area contributed by atoms with Crippen molar-refractivity contribution in [2.75, 3.05) is 5.32 Å². The molecule has 2 rings (SSSR count). The van der Waals surface area contributed by atoms with Crippen molar-refractivity contribution in [3.05, 3.63) is 48.2 Å². The lowest BCUT2D eigenvalue weighted by Gasteiger charge is -2.11. The monoisotopic (exact) mass is 291 g/mol. The van der Waals surface area contributed by atoms with Crippen LogP contribution in [0.2, 0.25) is 0 Å². The van der Waals surface area contributed by atoms with E-state index >= 15 is 0 Å². The molecular formula is C14H14FN3OS. The maximum absolute atomic E-state index is 12.8. The van der Waals surface area contributed by atoms with Crippen molar-refractivity contribution >= 4 is 23.4 Å². The Bertz CT molecular complexity index is 604. The summed E-state index contributed by atoms with van der Waals surface area (Å²) in [7, 11) is 0. The van der Waals surface area contributed by atoms with Gasteiger partial charge in [0, 0.05) is 11.4 Å². The molecule has 1 unspecified atom stereocenters. The number of amides is 1. The number of benzene rings is 1. The number of aromatic nitrogens is 2. The Labute approximate surface area is 120 Å². The van der Waals surface area contributed by atoms with E-state index in [0.29, 0.717) is 5.69 Å². The lowest BCUT2D eigenvalue weighted by Crippen LogP contribution is -2.22. The highest BCUT2D eigenvalue weighted by molar-refractivity contribution is 8.00. The third-order valence-electron chi connectivity index (χ3n) is 2.56. The van der Waals surface area contributed by atoms with Gasteiger partial charge in [-0.1, -0.05) is 11.8 Å². The third kappa shape index (κ3) is 4.03. The van der Waals surface area contributed by atoms with Crippen molar-refractivity contribution in [2.45, 2.75) is 24.1 Å². The maximum Gasteiger partial charge on any atom is 0.237 e. The van der Waals surface area contributed by atoms with Gasteiger partial charge in [-0.05, 0) is 44.2 Å². The Morgan fingerprint density at radius 1 is 1.30 bits per heavy atom. The van der Waals surface area contributed by atoms with Crippen LogP contribution in [0.3, 0.4) is 0 Å². The molecule has 0 aliphatic heterocycles. The first-order chi connectivity index (χ1) is 9.54. The summed E-state index contributed by atoms with van der Waals surface area (Å²) in [5.41, 5.74) is 1.43. The van der Waals surface area contributed by atoms with E-state index in [4.69, 9.17) is 0 Å². The first-order valence-electron chi connectivity index (χ1n) is 6.06. The minimum absolute atomic E-state index is 0.155. The van der Waals surface area contributed by atoms with Crippen LogP contribution in [0.15, 0.2) is 41.7 Å². The summed E-state index contributed by atoms with van der Waals surface area (Å²) in [4.78, 5) is 20.1. The maximum atomic E-state index is 12.8. The number of rotatable bonds is 4. The molecule has 1 aromatic carbocycles. The molecule has 1 N–H and O–H groups in total. The molecule has 20 heavy (non-hydrogen) atoms. The first-order valence-corrected chi connectivity index (χ1v) is 6.94. The smallest absolute Gasteiger partial charge is 0.237 e. The second-order valence-electron chi connectivity index (χ2n) is 4.25. The quantitative estimate of drug-likeness (QED) is 0.695. The van der Waals surface area contributed by atoms with Gasteiger partial charge in [0.25, 0.3) is 0 Å². The average Bonchev–Trinajstić information content (AvgIpc) is 2.41. The number of nitrogens with zero attached hydrogens (tertiary/aromatic N) is 2. The molecule has 1 aromatic heterocycles. The lowest BCUT2D eigenvalue weighted by atomic mass is 10.3. The zero-order valence-corrected chi connectivity index (χ0v) is 11.9. The Morgan fingerprint density at radius 3 is 2.65 bits per heavy atom. The van der Waals surface area contributed by atoms with E-state index in [0.717, 1.165) is 10.7 Å². The molecule has 6 heteroatoms. The minimum Gasteiger partial charge on any atom is -0.325 e. The summed E-state index contributed by atoms with van der Waals surface area (Å²) in [5.74, 6) is -0.486. The Kier molecular flexibility index (Phi) is 4.68. The number of anilines is 1. The number of hydrogen-bond acceptors (Lipinski definition) is 4. The SMILES string of the molecule is Cc1cc(SC(C)C(=O)Nc2ccc(F)cc2)ncn1. The summed E-state index contributed by atoms with van der Waals surface area (Å²) in [6.45, 7) is 3.66. The topological polar surface area (TPSA) is 54.9 Å². The molecule has 0 spiro atoms. The van der Waals surface area contributed by atoms with E-state index in [1.165, 1.54) is 42.4 Å². The van der Waals surface area contributed by atoms with Crippen molar-refractivity contribution in [1.82, 2.24) is 9.97 Å². The molecule has 1 heterocycles. The lowest BCUT2D eigenvalue weighted by molar-refractivity contribution is -0.115. The molecule has 0 fully saturated rings. The van der Waals surface area contributed by atoms with E-state index in [1.807, 2.05) is 13.0 Å². The highest BCUT2D eigenvalue weighted by Gasteiger charge is 2.15. The number of thioether (sulfide) groups is 1. The van der Waals surface area contributed by atoms with E-state index in [9.17, 15) is 9.18 Å². The van der Waals surface area contributed by atoms with Gasteiger partial charge in [-0.3, -0.25) is 4.79 Å². The number of aryl methyl sites for hydroxylation is 1. The molecule has 0 saturated carbocycles. The van der Waals surface area contributed by atoms with Crippen LogP contribution in [0.1, 0.15) is 12.6 Å². The number of hydrogen-bond donors (Lipinski definition) is 1. The van der Waals surface area contributed by atoms with Crippen LogP contribution in [0.25, 0.3) is 0 Å². The van der Waals surface area contributed by atoms with Gasteiger partial charge in [-0.15, -0.1) is 0 Å². The van der Waals surface area contributed by atoms with Gasteiger partial charge in [0.2, 0.25) is 5.91 Å². The third-order valence-corrected chi connectivity index (χ3v) is 3.59. The predicted octanol–water partition coefficient (Wildman–Crippen LogP) is 3.04. The molecule has 0 saturated heterocycles.